The Morgan fingerprint density at radius 2 is 2.00 bits per heavy atom. The molecule has 2 aliphatic rings. The van der Waals surface area contributed by atoms with Crippen molar-refractivity contribution in [2.45, 2.75) is 56.6 Å². The normalized spacial score (nSPS) is 26.8. The molecule has 0 spiro atoms. The zero-order chi connectivity index (χ0) is 15.0. The Kier molecular flexibility index (Phi) is 4.08. The minimum Gasteiger partial charge on any atom is -0.392 e. The van der Waals surface area contributed by atoms with Crippen molar-refractivity contribution in [3.8, 4) is 0 Å². The number of benzene rings is 1. The summed E-state index contributed by atoms with van der Waals surface area (Å²) in [5.41, 5.74) is 1.37. The molecule has 0 bridgehead atoms. The molecule has 116 valence electrons. The Bertz CT molecular complexity index is 626. The van der Waals surface area contributed by atoms with Crippen molar-refractivity contribution < 1.29 is 13.5 Å². The second-order valence-corrected chi connectivity index (χ2v) is 8.07. The smallest absolute Gasteiger partial charge is 0.243 e. The van der Waals surface area contributed by atoms with Crippen molar-refractivity contribution >= 4 is 10.0 Å². The highest BCUT2D eigenvalue weighted by Crippen LogP contribution is 2.39. The third-order valence-corrected chi connectivity index (χ3v) is 7.16. The lowest BCUT2D eigenvalue weighted by atomic mass is 9.94. The molecule has 1 saturated carbocycles. The Hall–Kier alpha value is -0.910. The molecule has 1 heterocycles. The molecule has 3 rings (SSSR count). The summed E-state index contributed by atoms with van der Waals surface area (Å²) in [7, 11) is -3.46. The molecule has 5 heteroatoms. The molecule has 1 aliphatic heterocycles. The SMILES string of the molecule is Cc1c(CO)cccc1S(=O)(=O)N1CCCC2CCCC21. The standard InChI is InChI=1S/C16H23NO3S/c1-12-14(11-18)6-3-9-16(12)21(19,20)17-10-4-7-13-5-2-8-15(13)17/h3,6,9,13,15,18H,2,4-5,7-8,10-11H2,1H3. The first kappa shape index (κ1) is 15.0. The van der Waals surface area contributed by atoms with Crippen molar-refractivity contribution in [1.29, 1.82) is 0 Å². The molecule has 1 aromatic rings. The maximum atomic E-state index is 13.1. The minimum atomic E-state index is -3.46. The molecule has 1 aromatic carbocycles. The van der Waals surface area contributed by atoms with E-state index in [2.05, 4.69) is 0 Å². The summed E-state index contributed by atoms with van der Waals surface area (Å²) in [4.78, 5) is 0.363. The first-order valence-electron chi connectivity index (χ1n) is 7.77. The number of aliphatic hydroxyl groups is 1. The van der Waals surface area contributed by atoms with Crippen molar-refractivity contribution in [3.05, 3.63) is 29.3 Å². The van der Waals surface area contributed by atoms with E-state index in [-0.39, 0.29) is 12.6 Å². The molecule has 4 nitrogen and oxygen atoms in total. The zero-order valence-corrected chi connectivity index (χ0v) is 13.3. The van der Waals surface area contributed by atoms with Crippen LogP contribution in [-0.4, -0.2) is 30.4 Å². The van der Waals surface area contributed by atoms with E-state index in [1.165, 1.54) is 0 Å². The van der Waals surface area contributed by atoms with Crippen LogP contribution in [0.2, 0.25) is 0 Å². The van der Waals surface area contributed by atoms with Gasteiger partial charge in [-0.05, 0) is 55.7 Å². The fraction of sp³-hybridized carbons (Fsp3) is 0.625. The van der Waals surface area contributed by atoms with E-state index >= 15 is 0 Å². The summed E-state index contributed by atoms with van der Waals surface area (Å²) in [6.07, 6.45) is 5.40. The lowest BCUT2D eigenvalue weighted by molar-refractivity contribution is 0.202. The highest BCUT2D eigenvalue weighted by Gasteiger charge is 2.41. The van der Waals surface area contributed by atoms with E-state index in [9.17, 15) is 13.5 Å². The van der Waals surface area contributed by atoms with Crippen molar-refractivity contribution in [1.82, 2.24) is 4.31 Å². The van der Waals surface area contributed by atoms with Crippen LogP contribution in [0.3, 0.4) is 0 Å². The van der Waals surface area contributed by atoms with Gasteiger partial charge in [-0.15, -0.1) is 0 Å². The predicted molar refractivity (Wildman–Crippen MR) is 81.4 cm³/mol. The average molecular weight is 309 g/mol. The van der Waals surface area contributed by atoms with Gasteiger partial charge in [0.25, 0.3) is 0 Å². The molecule has 21 heavy (non-hydrogen) atoms. The van der Waals surface area contributed by atoms with Gasteiger partial charge in [0.1, 0.15) is 0 Å². The molecule has 1 N–H and O–H groups in total. The summed E-state index contributed by atoms with van der Waals surface area (Å²) < 4.78 is 27.9. The van der Waals surface area contributed by atoms with E-state index in [0.717, 1.165) is 32.1 Å². The molecule has 1 saturated heterocycles. The highest BCUT2D eigenvalue weighted by molar-refractivity contribution is 7.89. The van der Waals surface area contributed by atoms with Gasteiger partial charge in [-0.3, -0.25) is 0 Å². The second-order valence-electron chi connectivity index (χ2n) is 6.21. The fourth-order valence-electron chi connectivity index (χ4n) is 3.94. The zero-order valence-electron chi connectivity index (χ0n) is 12.5. The van der Waals surface area contributed by atoms with Gasteiger partial charge in [-0.1, -0.05) is 18.6 Å². The van der Waals surface area contributed by atoms with Crippen LogP contribution in [-0.2, 0) is 16.6 Å². The maximum Gasteiger partial charge on any atom is 0.243 e. The van der Waals surface area contributed by atoms with Gasteiger partial charge in [0.2, 0.25) is 10.0 Å². The highest BCUT2D eigenvalue weighted by atomic mass is 32.2. The van der Waals surface area contributed by atoms with Gasteiger partial charge in [-0.2, -0.15) is 4.31 Å². The Morgan fingerprint density at radius 3 is 2.76 bits per heavy atom. The molecule has 2 fully saturated rings. The molecular weight excluding hydrogens is 286 g/mol. The summed E-state index contributed by atoms with van der Waals surface area (Å²) in [6, 6.07) is 5.35. The molecule has 0 radical (unpaired) electrons. The predicted octanol–water partition coefficient (Wildman–Crippen LogP) is 2.44. The molecular formula is C16H23NO3S. The van der Waals surface area contributed by atoms with Crippen LogP contribution in [0.25, 0.3) is 0 Å². The third kappa shape index (κ3) is 2.51. The molecule has 2 unspecified atom stereocenters. The first-order valence-corrected chi connectivity index (χ1v) is 9.21. The third-order valence-electron chi connectivity index (χ3n) is 5.10. The van der Waals surface area contributed by atoms with Gasteiger partial charge in [0, 0.05) is 12.6 Å². The quantitative estimate of drug-likeness (QED) is 0.933. The van der Waals surface area contributed by atoms with Gasteiger partial charge in [0.05, 0.1) is 11.5 Å². The first-order chi connectivity index (χ1) is 10.1. The van der Waals surface area contributed by atoms with E-state index in [1.54, 1.807) is 29.4 Å². The van der Waals surface area contributed by atoms with Crippen molar-refractivity contribution in [3.63, 3.8) is 0 Å². The van der Waals surface area contributed by atoms with Crippen LogP contribution in [0, 0.1) is 12.8 Å². The Labute approximate surface area is 126 Å². The van der Waals surface area contributed by atoms with Crippen LogP contribution in [0.1, 0.15) is 43.2 Å². The molecule has 0 aromatic heterocycles. The van der Waals surface area contributed by atoms with E-state index in [1.807, 2.05) is 0 Å². The maximum absolute atomic E-state index is 13.1. The van der Waals surface area contributed by atoms with Gasteiger partial charge < -0.3 is 5.11 Å². The van der Waals surface area contributed by atoms with E-state index < -0.39 is 10.0 Å². The number of nitrogens with zero attached hydrogens (tertiary/aromatic N) is 1. The van der Waals surface area contributed by atoms with Gasteiger partial charge >= 0.3 is 0 Å². The van der Waals surface area contributed by atoms with Gasteiger partial charge in [-0.25, -0.2) is 8.42 Å². The summed E-state index contributed by atoms with van der Waals surface area (Å²) in [5.74, 6) is 0.537. The number of sulfonamides is 1. The molecule has 0 amide bonds. The van der Waals surface area contributed by atoms with Crippen LogP contribution < -0.4 is 0 Å². The lowest BCUT2D eigenvalue weighted by Crippen LogP contribution is -2.46. The number of fused-ring (bicyclic) bond motifs is 1. The number of hydrogen-bond acceptors (Lipinski definition) is 3. The Morgan fingerprint density at radius 1 is 1.24 bits per heavy atom. The lowest BCUT2D eigenvalue weighted by Gasteiger charge is -2.37. The summed E-state index contributed by atoms with van der Waals surface area (Å²) in [6.45, 7) is 2.29. The summed E-state index contributed by atoms with van der Waals surface area (Å²) in [5, 5.41) is 9.36. The van der Waals surface area contributed by atoms with Crippen molar-refractivity contribution in [2.75, 3.05) is 6.54 Å². The molecule has 2 atom stereocenters. The van der Waals surface area contributed by atoms with E-state index in [4.69, 9.17) is 0 Å². The fourth-order valence-corrected chi connectivity index (χ4v) is 5.97. The van der Waals surface area contributed by atoms with E-state index in [0.29, 0.717) is 28.5 Å². The monoisotopic (exact) mass is 309 g/mol. The number of rotatable bonds is 3. The topological polar surface area (TPSA) is 57.6 Å². The Balaban J connectivity index is 2.00. The van der Waals surface area contributed by atoms with Crippen LogP contribution in [0.5, 0.6) is 0 Å². The van der Waals surface area contributed by atoms with Crippen molar-refractivity contribution in [2.24, 2.45) is 5.92 Å². The summed E-state index contributed by atoms with van der Waals surface area (Å²) >= 11 is 0. The average Bonchev–Trinajstić information content (AvgIpc) is 2.95. The largest absolute Gasteiger partial charge is 0.392 e. The van der Waals surface area contributed by atoms with Crippen LogP contribution >= 0.6 is 0 Å². The van der Waals surface area contributed by atoms with Crippen LogP contribution in [0.15, 0.2) is 23.1 Å². The molecule has 1 aliphatic carbocycles. The van der Waals surface area contributed by atoms with Crippen LogP contribution in [0.4, 0.5) is 0 Å². The number of hydrogen-bond donors (Lipinski definition) is 1. The number of aliphatic hydroxyl groups excluding tert-OH is 1. The number of piperidine rings is 1. The second kappa shape index (κ2) is 5.71. The van der Waals surface area contributed by atoms with Gasteiger partial charge in [0.15, 0.2) is 0 Å². The minimum absolute atomic E-state index is 0.124.